The van der Waals surface area contributed by atoms with E-state index in [1.54, 1.807) is 24.3 Å². The van der Waals surface area contributed by atoms with Gasteiger partial charge in [-0.2, -0.15) is 0 Å². The third-order valence-electron chi connectivity index (χ3n) is 2.72. The van der Waals surface area contributed by atoms with Gasteiger partial charge in [-0.1, -0.05) is 18.2 Å². The molecule has 2 aromatic carbocycles. The van der Waals surface area contributed by atoms with E-state index in [1.807, 2.05) is 0 Å². The van der Waals surface area contributed by atoms with Gasteiger partial charge < -0.3 is 10.4 Å². The molecule has 0 saturated heterocycles. The van der Waals surface area contributed by atoms with E-state index >= 15 is 0 Å². The van der Waals surface area contributed by atoms with Crippen molar-refractivity contribution in [3.8, 4) is 0 Å². The van der Waals surface area contributed by atoms with Crippen LogP contribution in [0, 0.1) is 0 Å². The van der Waals surface area contributed by atoms with Gasteiger partial charge in [-0.05, 0) is 30.3 Å². The first-order valence-corrected chi connectivity index (χ1v) is 5.80. The van der Waals surface area contributed by atoms with Gasteiger partial charge in [0.25, 0.3) is 5.91 Å². The van der Waals surface area contributed by atoms with E-state index in [0.717, 1.165) is 0 Å². The average Bonchev–Trinajstić information content (AvgIpc) is 2.47. The average molecular weight is 269 g/mol. The van der Waals surface area contributed by atoms with E-state index in [1.165, 1.54) is 24.3 Å². The Bertz CT molecular complexity index is 662. The van der Waals surface area contributed by atoms with E-state index in [4.69, 9.17) is 5.11 Å². The Morgan fingerprint density at radius 3 is 2.25 bits per heavy atom. The maximum Gasteiger partial charge on any atom is 0.335 e. The second-order valence-corrected chi connectivity index (χ2v) is 4.04. The molecule has 2 aromatic rings. The van der Waals surface area contributed by atoms with Gasteiger partial charge in [-0.15, -0.1) is 0 Å². The van der Waals surface area contributed by atoms with Crippen LogP contribution in [0.4, 0.5) is 5.69 Å². The Morgan fingerprint density at radius 2 is 1.65 bits per heavy atom. The summed E-state index contributed by atoms with van der Waals surface area (Å²) in [5.41, 5.74) is 1.16. The minimum Gasteiger partial charge on any atom is -0.478 e. The second-order valence-electron chi connectivity index (χ2n) is 4.04. The molecule has 0 heterocycles. The van der Waals surface area contributed by atoms with Crippen LogP contribution < -0.4 is 5.32 Å². The van der Waals surface area contributed by atoms with Crippen LogP contribution in [0.2, 0.25) is 0 Å². The van der Waals surface area contributed by atoms with Gasteiger partial charge in [0.1, 0.15) is 0 Å². The van der Waals surface area contributed by atoms with Crippen molar-refractivity contribution in [2.24, 2.45) is 0 Å². The van der Waals surface area contributed by atoms with Crippen molar-refractivity contribution in [2.45, 2.75) is 0 Å². The summed E-state index contributed by atoms with van der Waals surface area (Å²) in [6.07, 6.45) is 0.614. The fourth-order valence-electron chi connectivity index (χ4n) is 1.70. The number of carboxylic acids is 1. The zero-order valence-electron chi connectivity index (χ0n) is 10.4. The number of anilines is 1. The molecule has 0 unspecified atom stereocenters. The highest BCUT2D eigenvalue weighted by Crippen LogP contribution is 2.13. The fourth-order valence-corrected chi connectivity index (χ4v) is 1.70. The van der Waals surface area contributed by atoms with Crippen molar-refractivity contribution in [1.82, 2.24) is 0 Å². The molecule has 5 heteroatoms. The van der Waals surface area contributed by atoms with Gasteiger partial charge in [-0.3, -0.25) is 9.59 Å². The van der Waals surface area contributed by atoms with Crippen LogP contribution in [0.15, 0.2) is 48.5 Å². The van der Waals surface area contributed by atoms with Gasteiger partial charge in [0.15, 0.2) is 6.29 Å². The van der Waals surface area contributed by atoms with Crippen LogP contribution in [-0.2, 0) is 0 Å². The predicted molar refractivity (Wildman–Crippen MR) is 73.2 cm³/mol. The number of amides is 1. The Labute approximate surface area is 114 Å². The number of aromatic carboxylic acids is 1. The molecule has 5 nitrogen and oxygen atoms in total. The molecule has 1 amide bonds. The Kier molecular flexibility index (Phi) is 3.91. The van der Waals surface area contributed by atoms with Gasteiger partial charge in [0.05, 0.1) is 11.1 Å². The van der Waals surface area contributed by atoms with E-state index in [0.29, 0.717) is 17.5 Å². The molecule has 2 rings (SSSR count). The number of hydrogen-bond acceptors (Lipinski definition) is 3. The fraction of sp³-hybridized carbons (Fsp3) is 0. The lowest BCUT2D eigenvalue weighted by Crippen LogP contribution is -2.14. The van der Waals surface area contributed by atoms with E-state index in [9.17, 15) is 14.4 Å². The maximum absolute atomic E-state index is 12.0. The van der Waals surface area contributed by atoms with Gasteiger partial charge >= 0.3 is 5.97 Å². The number of hydrogen-bond donors (Lipinski definition) is 2. The summed E-state index contributed by atoms with van der Waals surface area (Å²) < 4.78 is 0. The number of carbonyl (C=O) groups is 3. The molecule has 2 N–H and O–H groups in total. The summed E-state index contributed by atoms with van der Waals surface area (Å²) in [5.74, 6) is -1.45. The van der Waals surface area contributed by atoms with Gasteiger partial charge in [0.2, 0.25) is 0 Å². The largest absolute Gasteiger partial charge is 0.478 e. The molecule has 0 spiro atoms. The number of benzene rings is 2. The summed E-state index contributed by atoms with van der Waals surface area (Å²) in [6.45, 7) is 0. The van der Waals surface area contributed by atoms with Crippen LogP contribution >= 0.6 is 0 Å². The molecule has 0 bridgehead atoms. The number of aldehydes is 1. The van der Waals surface area contributed by atoms with Crippen LogP contribution in [0.1, 0.15) is 31.1 Å². The van der Waals surface area contributed by atoms with Crippen LogP contribution in [0.25, 0.3) is 0 Å². The second kappa shape index (κ2) is 5.79. The highest BCUT2D eigenvalue weighted by molar-refractivity contribution is 6.08. The molecule has 0 fully saturated rings. The first-order valence-electron chi connectivity index (χ1n) is 5.80. The highest BCUT2D eigenvalue weighted by Gasteiger charge is 2.10. The molecule has 0 aromatic heterocycles. The summed E-state index contributed by atoms with van der Waals surface area (Å²) in [7, 11) is 0. The third kappa shape index (κ3) is 2.89. The lowest BCUT2D eigenvalue weighted by Gasteiger charge is -2.07. The van der Waals surface area contributed by atoms with Crippen molar-refractivity contribution in [3.05, 3.63) is 65.2 Å². The van der Waals surface area contributed by atoms with Crippen molar-refractivity contribution in [2.75, 3.05) is 5.32 Å². The molecule has 100 valence electrons. The Hall–Kier alpha value is -2.95. The highest BCUT2D eigenvalue weighted by atomic mass is 16.4. The summed E-state index contributed by atoms with van der Waals surface area (Å²) in [4.78, 5) is 33.6. The van der Waals surface area contributed by atoms with Gasteiger partial charge in [0, 0.05) is 11.3 Å². The molecule has 0 saturated carbocycles. The number of nitrogens with one attached hydrogen (secondary N) is 1. The monoisotopic (exact) mass is 269 g/mol. The minimum atomic E-state index is -1.03. The number of carbonyl (C=O) groups excluding carboxylic acids is 2. The molecule has 0 aliphatic heterocycles. The van der Waals surface area contributed by atoms with Crippen molar-refractivity contribution >= 4 is 23.9 Å². The molecule has 0 aliphatic rings. The van der Waals surface area contributed by atoms with Gasteiger partial charge in [-0.25, -0.2) is 4.79 Å². The molecular weight excluding hydrogens is 258 g/mol. The third-order valence-corrected chi connectivity index (χ3v) is 2.72. The van der Waals surface area contributed by atoms with Crippen molar-refractivity contribution in [3.63, 3.8) is 0 Å². The molecule has 0 aliphatic carbocycles. The topological polar surface area (TPSA) is 83.5 Å². The van der Waals surface area contributed by atoms with Crippen LogP contribution in [0.3, 0.4) is 0 Å². The number of carboxylic acid groups (broad SMARTS) is 1. The van der Waals surface area contributed by atoms with Crippen LogP contribution in [0.5, 0.6) is 0 Å². The Morgan fingerprint density at radius 1 is 1.00 bits per heavy atom. The standard InChI is InChI=1S/C15H11NO4/c17-9-11-3-1-2-4-13(11)14(18)16-12-7-5-10(6-8-12)15(19)20/h1-9H,(H,16,18)(H,19,20). The van der Waals surface area contributed by atoms with Crippen molar-refractivity contribution < 1.29 is 19.5 Å². The summed E-state index contributed by atoms with van der Waals surface area (Å²) in [5, 5.41) is 11.4. The van der Waals surface area contributed by atoms with Crippen molar-refractivity contribution in [1.29, 1.82) is 0 Å². The number of rotatable bonds is 4. The molecule has 20 heavy (non-hydrogen) atoms. The molecular formula is C15H11NO4. The lowest BCUT2D eigenvalue weighted by molar-refractivity contribution is 0.0696. The lowest BCUT2D eigenvalue weighted by atomic mass is 10.1. The van der Waals surface area contributed by atoms with E-state index in [2.05, 4.69) is 5.32 Å². The molecule has 0 atom stereocenters. The smallest absolute Gasteiger partial charge is 0.335 e. The summed E-state index contributed by atoms with van der Waals surface area (Å²) >= 11 is 0. The molecule has 0 radical (unpaired) electrons. The summed E-state index contributed by atoms with van der Waals surface area (Å²) in [6, 6.07) is 12.2. The normalized spacial score (nSPS) is 9.80. The van der Waals surface area contributed by atoms with E-state index < -0.39 is 11.9 Å². The quantitative estimate of drug-likeness (QED) is 0.835. The van der Waals surface area contributed by atoms with E-state index in [-0.39, 0.29) is 11.1 Å². The van der Waals surface area contributed by atoms with Crippen LogP contribution in [-0.4, -0.2) is 23.3 Å². The first-order chi connectivity index (χ1) is 9.61. The minimum absolute atomic E-state index is 0.135. The zero-order chi connectivity index (χ0) is 14.5. The predicted octanol–water partition coefficient (Wildman–Crippen LogP) is 2.45. The maximum atomic E-state index is 12.0. The SMILES string of the molecule is O=Cc1ccccc1C(=O)Nc1ccc(C(=O)O)cc1. The Balaban J connectivity index is 2.19. The zero-order valence-corrected chi connectivity index (χ0v) is 10.4. The first kappa shape index (κ1) is 13.5.